The van der Waals surface area contributed by atoms with Crippen LogP contribution >= 0.6 is 46.4 Å². The summed E-state index contributed by atoms with van der Waals surface area (Å²) in [4.78, 5) is 16.4. The van der Waals surface area contributed by atoms with Crippen LogP contribution in [0.4, 0.5) is 0 Å². The quantitative estimate of drug-likeness (QED) is 0.320. The number of cyclic esters (lactones) is 1. The molecule has 0 bridgehead atoms. The third-order valence-electron chi connectivity index (χ3n) is 3.88. The lowest BCUT2D eigenvalue weighted by molar-refractivity contribution is -0.129. The summed E-state index contributed by atoms with van der Waals surface area (Å²) < 4.78 is 11.0. The van der Waals surface area contributed by atoms with Gasteiger partial charge in [0.2, 0.25) is 5.90 Å². The van der Waals surface area contributed by atoms with Gasteiger partial charge in [-0.2, -0.15) is 0 Å². The van der Waals surface area contributed by atoms with Crippen LogP contribution in [0.1, 0.15) is 11.3 Å². The van der Waals surface area contributed by atoms with E-state index in [1.54, 1.807) is 48.5 Å². The van der Waals surface area contributed by atoms with E-state index in [4.69, 9.17) is 55.6 Å². The summed E-state index contributed by atoms with van der Waals surface area (Å²) in [6.07, 6.45) is 1.48. The Kier molecular flexibility index (Phi) is 5.21. The Balaban J connectivity index is 1.65. The van der Waals surface area contributed by atoms with Crippen molar-refractivity contribution in [3.05, 3.63) is 85.6 Å². The van der Waals surface area contributed by atoms with Gasteiger partial charge in [-0.05, 0) is 48.5 Å². The van der Waals surface area contributed by atoms with Crippen molar-refractivity contribution >= 4 is 64.3 Å². The highest BCUT2D eigenvalue weighted by Gasteiger charge is 2.26. The highest BCUT2D eigenvalue weighted by Crippen LogP contribution is 2.32. The van der Waals surface area contributed by atoms with Crippen molar-refractivity contribution < 1.29 is 13.9 Å². The number of furan rings is 1. The zero-order valence-corrected chi connectivity index (χ0v) is 16.9. The lowest BCUT2D eigenvalue weighted by Gasteiger charge is -2.02. The molecule has 1 aliphatic heterocycles. The van der Waals surface area contributed by atoms with Gasteiger partial charge < -0.3 is 9.15 Å². The van der Waals surface area contributed by atoms with Gasteiger partial charge in [-0.1, -0.05) is 46.4 Å². The number of hydrogen-bond donors (Lipinski definition) is 0. The molecule has 2 heterocycles. The molecule has 1 aliphatic rings. The van der Waals surface area contributed by atoms with Crippen LogP contribution in [0.3, 0.4) is 0 Å². The average Bonchev–Trinajstić information content (AvgIpc) is 3.22. The Hall–Kier alpha value is -2.24. The van der Waals surface area contributed by atoms with Crippen LogP contribution in [-0.4, -0.2) is 11.9 Å². The van der Waals surface area contributed by atoms with Gasteiger partial charge in [0.15, 0.2) is 5.70 Å². The summed E-state index contributed by atoms with van der Waals surface area (Å²) in [5, 5.41) is 1.79. The van der Waals surface area contributed by atoms with E-state index in [1.165, 1.54) is 6.08 Å². The summed E-state index contributed by atoms with van der Waals surface area (Å²) in [6.45, 7) is 0. The topological polar surface area (TPSA) is 51.8 Å². The number of carbonyl (C=O) groups is 1. The molecule has 0 radical (unpaired) electrons. The second-order valence-corrected chi connectivity index (χ2v) is 7.47. The largest absolute Gasteiger partial charge is 0.457 e. The molecular formula is C20H9Cl4NO3. The smallest absolute Gasteiger partial charge is 0.363 e. The molecule has 8 heteroatoms. The molecule has 2 aromatic carbocycles. The molecule has 0 spiro atoms. The lowest BCUT2D eigenvalue weighted by Crippen LogP contribution is -2.05. The minimum Gasteiger partial charge on any atom is -0.457 e. The van der Waals surface area contributed by atoms with Crippen LogP contribution in [0.15, 0.2) is 63.6 Å². The predicted molar refractivity (Wildman–Crippen MR) is 111 cm³/mol. The average molecular weight is 453 g/mol. The zero-order valence-electron chi connectivity index (χ0n) is 13.9. The van der Waals surface area contributed by atoms with Crippen molar-refractivity contribution in [2.45, 2.75) is 0 Å². The Bertz CT molecular complexity index is 1160. The van der Waals surface area contributed by atoms with Crippen molar-refractivity contribution in [3.63, 3.8) is 0 Å². The third-order valence-corrected chi connectivity index (χ3v) is 4.98. The van der Waals surface area contributed by atoms with Crippen molar-refractivity contribution in [1.82, 2.24) is 0 Å². The first-order chi connectivity index (χ1) is 13.4. The minimum atomic E-state index is -0.608. The fourth-order valence-corrected chi connectivity index (χ4v) is 3.58. The zero-order chi connectivity index (χ0) is 19.8. The first-order valence-corrected chi connectivity index (χ1v) is 9.45. The van der Waals surface area contributed by atoms with Gasteiger partial charge in [0.1, 0.15) is 11.5 Å². The maximum atomic E-state index is 12.2. The Labute approximate surface area is 179 Å². The van der Waals surface area contributed by atoms with Gasteiger partial charge in [0, 0.05) is 21.7 Å². The minimum absolute atomic E-state index is 0.0871. The molecule has 1 aromatic heterocycles. The first-order valence-electron chi connectivity index (χ1n) is 7.94. The van der Waals surface area contributed by atoms with Gasteiger partial charge in [0.25, 0.3) is 0 Å². The number of carbonyl (C=O) groups excluding carboxylic acids is 1. The van der Waals surface area contributed by atoms with E-state index in [0.717, 1.165) is 0 Å². The van der Waals surface area contributed by atoms with Crippen LogP contribution in [-0.2, 0) is 9.53 Å². The van der Waals surface area contributed by atoms with E-state index < -0.39 is 5.97 Å². The van der Waals surface area contributed by atoms with Gasteiger partial charge in [-0.3, -0.25) is 0 Å². The monoisotopic (exact) mass is 451 g/mol. The van der Waals surface area contributed by atoms with E-state index in [0.29, 0.717) is 42.7 Å². The third kappa shape index (κ3) is 3.82. The van der Waals surface area contributed by atoms with E-state index in [-0.39, 0.29) is 11.6 Å². The molecule has 0 atom stereocenters. The van der Waals surface area contributed by atoms with Crippen LogP contribution in [0.2, 0.25) is 20.1 Å². The SMILES string of the molecule is O=C1OC(c2ccc(Cl)cc2Cl)=N/C1=C\c1ccc(-c2ccc(Cl)cc2Cl)o1. The number of rotatable bonds is 3. The summed E-state index contributed by atoms with van der Waals surface area (Å²) in [5.41, 5.74) is 1.24. The molecule has 0 saturated carbocycles. The molecule has 4 rings (SSSR count). The van der Waals surface area contributed by atoms with E-state index in [2.05, 4.69) is 4.99 Å². The first kappa shape index (κ1) is 19.1. The number of hydrogen-bond acceptors (Lipinski definition) is 4. The molecule has 3 aromatic rings. The van der Waals surface area contributed by atoms with Gasteiger partial charge in [-0.25, -0.2) is 9.79 Å². The fourth-order valence-electron chi connectivity index (χ4n) is 2.59. The maximum absolute atomic E-state index is 12.2. The van der Waals surface area contributed by atoms with Crippen LogP contribution in [0.25, 0.3) is 17.4 Å². The maximum Gasteiger partial charge on any atom is 0.363 e. The Morgan fingerprint density at radius 2 is 1.46 bits per heavy atom. The van der Waals surface area contributed by atoms with Crippen molar-refractivity contribution in [3.8, 4) is 11.3 Å². The molecule has 140 valence electrons. The molecule has 28 heavy (non-hydrogen) atoms. The van der Waals surface area contributed by atoms with Gasteiger partial charge in [-0.15, -0.1) is 0 Å². The van der Waals surface area contributed by atoms with Crippen LogP contribution in [0, 0.1) is 0 Å². The van der Waals surface area contributed by atoms with E-state index in [9.17, 15) is 4.79 Å². The Morgan fingerprint density at radius 1 is 0.821 bits per heavy atom. The van der Waals surface area contributed by atoms with Gasteiger partial charge >= 0.3 is 5.97 Å². The predicted octanol–water partition coefficient (Wildman–Crippen LogP) is 6.90. The van der Waals surface area contributed by atoms with Crippen LogP contribution < -0.4 is 0 Å². The van der Waals surface area contributed by atoms with Crippen molar-refractivity contribution in [1.29, 1.82) is 0 Å². The number of aliphatic imine (C=N–C) groups is 1. The molecule has 0 saturated heterocycles. The fraction of sp³-hybridized carbons (Fsp3) is 0. The molecule has 0 unspecified atom stereocenters. The standard InChI is InChI=1S/C20H9Cl4NO3/c21-10-1-4-13(15(23)7-10)18-6-3-12(27-18)9-17-20(26)28-19(25-17)14-5-2-11(22)8-16(14)24/h1-9H/b17-9-. The highest BCUT2D eigenvalue weighted by atomic mass is 35.5. The van der Waals surface area contributed by atoms with E-state index in [1.807, 2.05) is 0 Å². The Morgan fingerprint density at radius 3 is 2.11 bits per heavy atom. The van der Waals surface area contributed by atoms with Crippen molar-refractivity contribution in [2.24, 2.45) is 4.99 Å². The second kappa shape index (κ2) is 7.64. The molecule has 0 N–H and O–H groups in total. The molecule has 0 amide bonds. The number of esters is 1. The summed E-state index contributed by atoms with van der Waals surface area (Å²) in [5.74, 6) is 0.443. The molecular weight excluding hydrogens is 444 g/mol. The second-order valence-electron chi connectivity index (χ2n) is 5.79. The van der Waals surface area contributed by atoms with Crippen molar-refractivity contribution in [2.75, 3.05) is 0 Å². The number of benzene rings is 2. The molecule has 0 aliphatic carbocycles. The van der Waals surface area contributed by atoms with Crippen LogP contribution in [0.5, 0.6) is 0 Å². The highest BCUT2D eigenvalue weighted by molar-refractivity contribution is 6.37. The number of halogens is 4. The lowest BCUT2D eigenvalue weighted by atomic mass is 10.2. The summed E-state index contributed by atoms with van der Waals surface area (Å²) in [7, 11) is 0. The normalized spacial score (nSPS) is 15.1. The van der Waals surface area contributed by atoms with Gasteiger partial charge in [0.05, 0.1) is 15.6 Å². The summed E-state index contributed by atoms with van der Waals surface area (Å²) in [6, 6.07) is 13.3. The summed E-state index contributed by atoms with van der Waals surface area (Å²) >= 11 is 24.2. The molecule has 0 fully saturated rings. The van der Waals surface area contributed by atoms with E-state index >= 15 is 0 Å². The molecule has 4 nitrogen and oxygen atoms in total. The number of ether oxygens (including phenoxy) is 1. The number of nitrogens with zero attached hydrogens (tertiary/aromatic N) is 1.